The molecule has 0 N–H and O–H groups in total. The molecule has 2 aromatic carbocycles. The van der Waals surface area contributed by atoms with Gasteiger partial charge in [-0.2, -0.15) is 0 Å². The lowest BCUT2D eigenvalue weighted by molar-refractivity contribution is 0.632. The van der Waals surface area contributed by atoms with Crippen LogP contribution in [-0.4, -0.2) is 22.0 Å². The van der Waals surface area contributed by atoms with E-state index < -0.39 is 0 Å². The largest absolute Gasteiger partial charge is 0.370 e. The van der Waals surface area contributed by atoms with Gasteiger partial charge in [0.1, 0.15) is 5.69 Å². The summed E-state index contributed by atoms with van der Waals surface area (Å²) in [6, 6.07) is 17.0. The van der Waals surface area contributed by atoms with Crippen LogP contribution < -0.4 is 4.90 Å². The monoisotopic (exact) mass is 320 g/mol. The Labute approximate surface area is 143 Å². The van der Waals surface area contributed by atoms with Crippen molar-refractivity contribution in [2.24, 2.45) is 0 Å². The van der Waals surface area contributed by atoms with E-state index in [9.17, 15) is 0 Å². The first-order chi connectivity index (χ1) is 11.8. The lowest BCUT2D eigenvalue weighted by Gasteiger charge is -2.26. The number of aryl methyl sites for hydroxylation is 1. The smallest absolute Gasteiger partial charge is 0.123 e. The van der Waals surface area contributed by atoms with Gasteiger partial charge in [0, 0.05) is 37.0 Å². The summed E-state index contributed by atoms with van der Waals surface area (Å²) in [6.07, 6.45) is 0. The van der Waals surface area contributed by atoms with E-state index in [1.54, 1.807) is 0 Å². The third-order valence-corrected chi connectivity index (χ3v) is 4.29. The van der Waals surface area contributed by atoms with Crippen molar-refractivity contribution in [2.75, 3.05) is 11.9 Å². The summed E-state index contributed by atoms with van der Waals surface area (Å²) in [6.45, 7) is 7.80. The lowest BCUT2D eigenvalue weighted by Crippen LogP contribution is -2.19. The molecule has 0 fully saturated rings. The van der Waals surface area contributed by atoms with E-state index in [0.29, 0.717) is 0 Å². The second-order valence-electron chi connectivity index (χ2n) is 5.63. The summed E-state index contributed by atoms with van der Waals surface area (Å²) < 4.78 is 2.00. The molecule has 0 saturated heterocycles. The molecule has 4 rings (SSSR count). The van der Waals surface area contributed by atoms with Crippen LogP contribution in [0.1, 0.15) is 26.3 Å². The number of para-hydroxylation sites is 1. The Balaban J connectivity index is 0.000000815. The van der Waals surface area contributed by atoms with Crippen molar-refractivity contribution in [3.05, 3.63) is 54.1 Å². The number of fused-ring (bicyclic) bond motifs is 5. The molecule has 2 heterocycles. The Morgan fingerprint density at radius 2 is 1.62 bits per heavy atom. The molecule has 0 unspecified atom stereocenters. The van der Waals surface area contributed by atoms with Gasteiger partial charge in [-0.25, -0.2) is 4.68 Å². The molecular formula is C20H24N4. The molecule has 3 aromatic rings. The zero-order valence-corrected chi connectivity index (χ0v) is 14.8. The van der Waals surface area contributed by atoms with Crippen molar-refractivity contribution in [2.45, 2.75) is 33.9 Å². The Bertz CT molecular complexity index is 835. The maximum atomic E-state index is 4.49. The van der Waals surface area contributed by atoms with E-state index in [0.717, 1.165) is 30.0 Å². The quantitative estimate of drug-likeness (QED) is 0.656. The number of hydrogen-bond acceptors (Lipinski definition) is 3. The summed E-state index contributed by atoms with van der Waals surface area (Å²) in [7, 11) is 2.13. The molecule has 0 spiro atoms. The van der Waals surface area contributed by atoms with Gasteiger partial charge in [-0.3, -0.25) is 0 Å². The molecule has 0 amide bonds. The Morgan fingerprint density at radius 3 is 2.38 bits per heavy atom. The highest BCUT2D eigenvalue weighted by Crippen LogP contribution is 2.40. The normalized spacial score (nSPS) is 12.1. The molecule has 0 bridgehead atoms. The molecule has 4 nitrogen and oxygen atoms in total. The number of anilines is 1. The zero-order valence-electron chi connectivity index (χ0n) is 14.8. The summed E-state index contributed by atoms with van der Waals surface area (Å²) >= 11 is 0. The van der Waals surface area contributed by atoms with Crippen molar-refractivity contribution >= 4 is 5.69 Å². The Morgan fingerprint density at radius 1 is 0.958 bits per heavy atom. The van der Waals surface area contributed by atoms with Crippen LogP contribution in [0.5, 0.6) is 0 Å². The minimum atomic E-state index is 0.814. The van der Waals surface area contributed by atoms with Gasteiger partial charge in [-0.05, 0) is 18.6 Å². The van der Waals surface area contributed by atoms with Crippen molar-refractivity contribution in [3.63, 3.8) is 0 Å². The molecule has 1 aromatic heterocycles. The van der Waals surface area contributed by atoms with E-state index in [1.807, 2.05) is 18.5 Å². The van der Waals surface area contributed by atoms with Crippen LogP contribution in [0.25, 0.3) is 22.5 Å². The topological polar surface area (TPSA) is 34.0 Å². The van der Waals surface area contributed by atoms with Gasteiger partial charge < -0.3 is 4.90 Å². The maximum Gasteiger partial charge on any atom is 0.123 e. The van der Waals surface area contributed by atoms with Crippen LogP contribution in [0.2, 0.25) is 0 Å². The molecule has 1 aliphatic rings. The Kier molecular flexibility index (Phi) is 4.65. The average Bonchev–Trinajstić information content (AvgIpc) is 3.06. The molecule has 24 heavy (non-hydrogen) atoms. The van der Waals surface area contributed by atoms with Crippen LogP contribution in [0.4, 0.5) is 5.69 Å². The van der Waals surface area contributed by atoms with Gasteiger partial charge >= 0.3 is 0 Å². The van der Waals surface area contributed by atoms with Gasteiger partial charge in [0.15, 0.2) is 0 Å². The second kappa shape index (κ2) is 6.87. The van der Waals surface area contributed by atoms with Gasteiger partial charge in [0.05, 0.1) is 5.69 Å². The summed E-state index contributed by atoms with van der Waals surface area (Å²) in [5, 5.41) is 8.86. The highest BCUT2D eigenvalue weighted by atomic mass is 15.4. The SMILES string of the molecule is CC.CCn1nnc2c1-c1ccccc1CN(C)c1ccccc1-2. The van der Waals surface area contributed by atoms with Gasteiger partial charge in [-0.15, -0.1) is 5.10 Å². The van der Waals surface area contributed by atoms with Gasteiger partial charge in [0.25, 0.3) is 0 Å². The molecule has 0 saturated carbocycles. The number of benzene rings is 2. The first-order valence-corrected chi connectivity index (χ1v) is 8.62. The van der Waals surface area contributed by atoms with Crippen molar-refractivity contribution in [1.82, 2.24) is 15.0 Å². The fourth-order valence-corrected chi connectivity index (χ4v) is 3.22. The molecule has 0 aliphatic carbocycles. The van der Waals surface area contributed by atoms with E-state index in [2.05, 4.69) is 77.7 Å². The van der Waals surface area contributed by atoms with Crippen LogP contribution in [0.3, 0.4) is 0 Å². The van der Waals surface area contributed by atoms with Gasteiger partial charge in [-0.1, -0.05) is 61.5 Å². The molecule has 0 atom stereocenters. The fourth-order valence-electron chi connectivity index (χ4n) is 3.22. The Hall–Kier alpha value is -2.62. The van der Waals surface area contributed by atoms with Crippen LogP contribution >= 0.6 is 0 Å². The average molecular weight is 320 g/mol. The van der Waals surface area contributed by atoms with Crippen molar-refractivity contribution < 1.29 is 0 Å². The third kappa shape index (κ3) is 2.58. The van der Waals surface area contributed by atoms with E-state index in [4.69, 9.17) is 0 Å². The van der Waals surface area contributed by atoms with Gasteiger partial charge in [0.2, 0.25) is 0 Å². The minimum absolute atomic E-state index is 0.814. The number of rotatable bonds is 1. The van der Waals surface area contributed by atoms with E-state index in [1.165, 1.54) is 16.8 Å². The molecule has 1 aliphatic heterocycles. The minimum Gasteiger partial charge on any atom is -0.370 e. The fraction of sp³-hybridized carbons (Fsp3) is 0.300. The predicted molar refractivity (Wildman–Crippen MR) is 100 cm³/mol. The van der Waals surface area contributed by atoms with Crippen LogP contribution in [0.15, 0.2) is 48.5 Å². The highest BCUT2D eigenvalue weighted by molar-refractivity contribution is 5.87. The highest BCUT2D eigenvalue weighted by Gasteiger charge is 2.24. The molecular weight excluding hydrogens is 296 g/mol. The van der Waals surface area contributed by atoms with E-state index >= 15 is 0 Å². The number of hydrogen-bond donors (Lipinski definition) is 0. The third-order valence-electron chi connectivity index (χ3n) is 4.29. The maximum absolute atomic E-state index is 4.49. The lowest BCUT2D eigenvalue weighted by atomic mass is 9.96. The standard InChI is InChI=1S/C18H18N4.C2H6/c1-3-22-18-14-9-5-4-8-13(14)12-21(2)16-11-7-6-10-15(16)17(18)19-20-22;1-2/h4-11H,3,12H2,1-2H3;1-2H3. The zero-order chi connectivity index (χ0) is 17.1. The number of aromatic nitrogens is 3. The van der Waals surface area contributed by atoms with Crippen LogP contribution in [0, 0.1) is 0 Å². The molecule has 4 heteroatoms. The second-order valence-corrected chi connectivity index (χ2v) is 5.63. The summed E-state index contributed by atoms with van der Waals surface area (Å²) in [5.74, 6) is 0. The summed E-state index contributed by atoms with van der Waals surface area (Å²) in [5.41, 5.74) is 6.97. The van der Waals surface area contributed by atoms with Crippen molar-refractivity contribution in [3.8, 4) is 22.5 Å². The first kappa shape index (κ1) is 16.2. The van der Waals surface area contributed by atoms with Crippen LogP contribution in [-0.2, 0) is 13.1 Å². The molecule has 124 valence electrons. The summed E-state index contributed by atoms with van der Waals surface area (Å²) in [4.78, 5) is 2.28. The van der Waals surface area contributed by atoms with Crippen molar-refractivity contribution in [1.29, 1.82) is 0 Å². The van der Waals surface area contributed by atoms with E-state index in [-0.39, 0.29) is 0 Å². The molecule has 0 radical (unpaired) electrons. The predicted octanol–water partition coefficient (Wildman–Crippen LogP) is 4.61. The number of nitrogens with zero attached hydrogens (tertiary/aromatic N) is 4. The first-order valence-electron chi connectivity index (χ1n) is 8.62.